The van der Waals surface area contributed by atoms with Gasteiger partial charge in [-0.1, -0.05) is 18.2 Å². The van der Waals surface area contributed by atoms with Crippen LogP contribution in [-0.2, 0) is 0 Å². The number of allylic oxidation sites excluding steroid dienone is 2. The number of rotatable bonds is 2. The van der Waals surface area contributed by atoms with Gasteiger partial charge in [0.2, 0.25) is 0 Å². The Morgan fingerprint density at radius 1 is 1.40 bits per heavy atom. The van der Waals surface area contributed by atoms with Crippen LogP contribution in [0.1, 0.15) is 12.6 Å². The predicted molar refractivity (Wildman–Crippen MR) is 42.5 cm³/mol. The Kier molecular flexibility index (Phi) is 2.68. The number of hydrogen-bond acceptors (Lipinski definition) is 1. The third-order valence-electron chi connectivity index (χ3n) is 1.15. The van der Waals surface area contributed by atoms with E-state index >= 15 is 0 Å². The molecular weight excluding hydrogens is 122 g/mol. The van der Waals surface area contributed by atoms with Gasteiger partial charge in [0.05, 0.1) is 0 Å². The van der Waals surface area contributed by atoms with Crippen LogP contribution in [0.3, 0.4) is 0 Å². The van der Waals surface area contributed by atoms with Crippen molar-refractivity contribution in [3.63, 3.8) is 0 Å². The van der Waals surface area contributed by atoms with Crippen molar-refractivity contribution >= 4 is 0 Å². The zero-order chi connectivity index (χ0) is 7.23. The van der Waals surface area contributed by atoms with E-state index in [9.17, 15) is 0 Å². The first-order valence-corrected chi connectivity index (χ1v) is 3.30. The first-order valence-electron chi connectivity index (χ1n) is 3.30. The Labute approximate surface area is 61.4 Å². The van der Waals surface area contributed by atoms with Gasteiger partial charge in [-0.2, -0.15) is 0 Å². The maximum absolute atomic E-state index is 4.11. The highest BCUT2D eigenvalue weighted by atomic mass is 14.7. The third kappa shape index (κ3) is 2.02. The summed E-state index contributed by atoms with van der Waals surface area (Å²) in [5.74, 6) is 0. The minimum Gasteiger partial charge on any atom is -0.261 e. The summed E-state index contributed by atoms with van der Waals surface area (Å²) in [6.45, 7) is 1.99. The number of pyridine rings is 1. The molecular formula is C9H10N. The lowest BCUT2D eigenvalue weighted by atomic mass is 10.2. The van der Waals surface area contributed by atoms with E-state index in [1.54, 1.807) is 6.20 Å². The van der Waals surface area contributed by atoms with E-state index in [4.69, 9.17) is 0 Å². The summed E-state index contributed by atoms with van der Waals surface area (Å²) >= 11 is 0. The molecule has 0 N–H and O–H groups in total. The van der Waals surface area contributed by atoms with E-state index in [1.165, 1.54) is 0 Å². The van der Waals surface area contributed by atoms with Crippen molar-refractivity contribution in [2.45, 2.75) is 6.92 Å². The fraction of sp³-hybridized carbons (Fsp3) is 0.111. The summed E-state index contributed by atoms with van der Waals surface area (Å²) in [4.78, 5) is 4.11. The second-order valence-corrected chi connectivity index (χ2v) is 1.95. The molecule has 0 unspecified atom stereocenters. The average molecular weight is 132 g/mol. The van der Waals surface area contributed by atoms with Gasteiger partial charge < -0.3 is 0 Å². The molecule has 0 aliphatic heterocycles. The second kappa shape index (κ2) is 3.83. The molecule has 0 aliphatic rings. The Balaban J connectivity index is 2.59. The van der Waals surface area contributed by atoms with Gasteiger partial charge in [0.25, 0.3) is 0 Å². The third-order valence-corrected chi connectivity index (χ3v) is 1.15. The topological polar surface area (TPSA) is 12.9 Å². The Hall–Kier alpha value is -1.11. The Morgan fingerprint density at radius 3 is 2.90 bits per heavy atom. The van der Waals surface area contributed by atoms with Gasteiger partial charge in [-0.3, -0.25) is 4.98 Å². The van der Waals surface area contributed by atoms with Crippen molar-refractivity contribution in [3.8, 4) is 0 Å². The van der Waals surface area contributed by atoms with Crippen molar-refractivity contribution < 1.29 is 0 Å². The van der Waals surface area contributed by atoms with Gasteiger partial charge in [-0.05, 0) is 19.1 Å². The standard InChI is InChI=1S/C9H10N/c1-2-3-6-9-7-4-5-8-10-9/h2-8H,1H3/b3-2+. The van der Waals surface area contributed by atoms with Crippen molar-refractivity contribution in [2.75, 3.05) is 0 Å². The smallest absolute Gasteiger partial charge is 0.0482 e. The van der Waals surface area contributed by atoms with Gasteiger partial charge in [0.1, 0.15) is 0 Å². The lowest BCUT2D eigenvalue weighted by molar-refractivity contribution is 1.23. The molecule has 0 saturated heterocycles. The molecule has 0 amide bonds. The van der Waals surface area contributed by atoms with Gasteiger partial charge >= 0.3 is 0 Å². The number of nitrogens with zero attached hydrogens (tertiary/aromatic N) is 1. The lowest BCUT2D eigenvalue weighted by Crippen LogP contribution is -1.80. The molecule has 0 aliphatic carbocycles. The monoisotopic (exact) mass is 132 g/mol. The van der Waals surface area contributed by atoms with E-state index in [0.717, 1.165) is 5.69 Å². The van der Waals surface area contributed by atoms with Crippen molar-refractivity contribution in [3.05, 3.63) is 48.7 Å². The van der Waals surface area contributed by atoms with E-state index in [1.807, 2.05) is 43.7 Å². The van der Waals surface area contributed by atoms with Crippen molar-refractivity contribution in [1.29, 1.82) is 0 Å². The molecule has 1 nitrogen and oxygen atoms in total. The van der Waals surface area contributed by atoms with Crippen LogP contribution in [0.2, 0.25) is 0 Å². The summed E-state index contributed by atoms with van der Waals surface area (Å²) in [7, 11) is 0. The molecule has 1 aromatic heterocycles. The molecule has 0 aromatic carbocycles. The molecule has 0 atom stereocenters. The summed E-state index contributed by atoms with van der Waals surface area (Å²) < 4.78 is 0. The minimum absolute atomic E-state index is 1.00. The largest absolute Gasteiger partial charge is 0.261 e. The molecule has 1 rings (SSSR count). The molecule has 0 bridgehead atoms. The van der Waals surface area contributed by atoms with Gasteiger partial charge in [-0.25, -0.2) is 0 Å². The van der Waals surface area contributed by atoms with Crippen molar-refractivity contribution in [2.24, 2.45) is 0 Å². The highest BCUT2D eigenvalue weighted by molar-refractivity contribution is 5.19. The van der Waals surface area contributed by atoms with Gasteiger partial charge in [0, 0.05) is 18.3 Å². The maximum atomic E-state index is 4.11. The number of aromatic nitrogens is 1. The predicted octanol–water partition coefficient (Wildman–Crippen LogP) is 2.21. The fourth-order valence-corrected chi connectivity index (χ4v) is 0.669. The van der Waals surface area contributed by atoms with Gasteiger partial charge in [0.15, 0.2) is 0 Å². The molecule has 0 saturated carbocycles. The fourth-order valence-electron chi connectivity index (χ4n) is 0.669. The first kappa shape index (κ1) is 7.00. The van der Waals surface area contributed by atoms with E-state index < -0.39 is 0 Å². The van der Waals surface area contributed by atoms with Crippen LogP contribution in [0.4, 0.5) is 0 Å². The molecule has 1 heteroatoms. The maximum Gasteiger partial charge on any atom is 0.0482 e. The second-order valence-electron chi connectivity index (χ2n) is 1.95. The normalized spacial score (nSPS) is 10.5. The summed E-state index contributed by atoms with van der Waals surface area (Å²) in [6, 6.07) is 5.86. The summed E-state index contributed by atoms with van der Waals surface area (Å²) in [5.41, 5.74) is 1.00. The van der Waals surface area contributed by atoms with Crippen LogP contribution in [0, 0.1) is 6.42 Å². The molecule has 0 fully saturated rings. The quantitative estimate of drug-likeness (QED) is 0.601. The number of hydrogen-bond donors (Lipinski definition) is 0. The molecule has 51 valence electrons. The molecule has 1 radical (unpaired) electrons. The van der Waals surface area contributed by atoms with E-state index in [2.05, 4.69) is 4.98 Å². The molecule has 10 heavy (non-hydrogen) atoms. The van der Waals surface area contributed by atoms with E-state index in [0.29, 0.717) is 0 Å². The molecule has 1 heterocycles. The zero-order valence-electron chi connectivity index (χ0n) is 5.99. The summed E-state index contributed by atoms with van der Waals surface area (Å²) in [5, 5.41) is 0. The van der Waals surface area contributed by atoms with Crippen molar-refractivity contribution in [1.82, 2.24) is 4.98 Å². The molecule has 1 aromatic rings. The highest BCUT2D eigenvalue weighted by Gasteiger charge is 1.85. The lowest BCUT2D eigenvalue weighted by Gasteiger charge is -1.90. The van der Waals surface area contributed by atoms with Crippen LogP contribution in [0.5, 0.6) is 0 Å². The van der Waals surface area contributed by atoms with E-state index in [-0.39, 0.29) is 0 Å². The van der Waals surface area contributed by atoms with Crippen LogP contribution in [0.25, 0.3) is 0 Å². The average Bonchev–Trinajstić information content (AvgIpc) is 2.03. The minimum atomic E-state index is 1.00. The van der Waals surface area contributed by atoms with Crippen LogP contribution in [0.15, 0.2) is 36.5 Å². The Bertz CT molecular complexity index is 201. The van der Waals surface area contributed by atoms with Gasteiger partial charge in [-0.15, -0.1) is 0 Å². The molecule has 0 spiro atoms. The Morgan fingerprint density at radius 2 is 2.30 bits per heavy atom. The van der Waals surface area contributed by atoms with Crippen LogP contribution >= 0.6 is 0 Å². The SMILES string of the molecule is C/C=C/[CH]c1ccccn1. The highest BCUT2D eigenvalue weighted by Crippen LogP contribution is 1.96. The van der Waals surface area contributed by atoms with Crippen LogP contribution < -0.4 is 0 Å². The first-order chi connectivity index (χ1) is 4.93. The summed E-state index contributed by atoms with van der Waals surface area (Å²) in [6.07, 6.45) is 7.71. The zero-order valence-corrected chi connectivity index (χ0v) is 5.99. The van der Waals surface area contributed by atoms with Crippen LogP contribution in [-0.4, -0.2) is 4.98 Å².